The standard InChI is InChI=1S/C10H20Si3/c1-11-13(2)12-9-8-10-6-4-3-5-7-10/h3-7,13H,8-9,11-12H2,1-2H3. The largest absolute Gasteiger partial charge is 0.0771 e. The molecule has 0 N–H and O–H groups in total. The van der Waals surface area contributed by atoms with E-state index in [1.54, 1.807) is 11.6 Å². The summed E-state index contributed by atoms with van der Waals surface area (Å²) < 4.78 is 0. The predicted molar refractivity (Wildman–Crippen MR) is 70.9 cm³/mol. The normalized spacial score (nSPS) is 14.6. The molecule has 1 aromatic carbocycles. The van der Waals surface area contributed by atoms with Gasteiger partial charge in [0.2, 0.25) is 0 Å². The first-order chi connectivity index (χ1) is 6.33. The van der Waals surface area contributed by atoms with E-state index in [-0.39, 0.29) is 7.83 Å². The zero-order chi connectivity index (χ0) is 9.52. The summed E-state index contributed by atoms with van der Waals surface area (Å²) in [5.41, 5.74) is 1.55. The van der Waals surface area contributed by atoms with Crippen LogP contribution in [0.1, 0.15) is 5.56 Å². The Labute approximate surface area is 87.6 Å². The van der Waals surface area contributed by atoms with Gasteiger partial charge >= 0.3 is 0 Å². The summed E-state index contributed by atoms with van der Waals surface area (Å²) in [5, 5.41) is 0. The second-order valence-electron chi connectivity index (χ2n) is 3.89. The van der Waals surface area contributed by atoms with Crippen LogP contribution in [0, 0.1) is 0 Å². The van der Waals surface area contributed by atoms with Gasteiger partial charge in [0, 0.05) is 25.9 Å². The number of benzene rings is 1. The first kappa shape index (κ1) is 10.9. The molecule has 72 valence electrons. The zero-order valence-corrected chi connectivity index (χ0v) is 12.8. The third-order valence-corrected chi connectivity index (χ3v) is 23.1. The summed E-state index contributed by atoms with van der Waals surface area (Å²) in [4.78, 5) is 0. The molecular formula is C10H20Si3. The summed E-state index contributed by atoms with van der Waals surface area (Å²) in [5.74, 6) is 0. The Hall–Kier alpha value is -0.129. The number of hydrogen-bond donors (Lipinski definition) is 0. The fourth-order valence-electron chi connectivity index (χ4n) is 1.50. The van der Waals surface area contributed by atoms with Crippen LogP contribution in [0.5, 0.6) is 0 Å². The monoisotopic (exact) mass is 224 g/mol. The van der Waals surface area contributed by atoms with Crippen LogP contribution < -0.4 is 0 Å². The minimum Gasteiger partial charge on any atom is -0.0771 e. The Morgan fingerprint density at radius 2 is 1.92 bits per heavy atom. The highest BCUT2D eigenvalue weighted by Gasteiger charge is 2.01. The van der Waals surface area contributed by atoms with Gasteiger partial charge in [-0.05, 0) is 12.0 Å². The number of rotatable bonds is 5. The zero-order valence-electron chi connectivity index (χ0n) is 8.79. The SMILES string of the molecule is C[SiH2][SiH](C)[SiH2]CCc1ccccc1. The molecule has 0 radical (unpaired) electrons. The van der Waals surface area contributed by atoms with Crippen molar-refractivity contribution < 1.29 is 0 Å². The van der Waals surface area contributed by atoms with Crippen molar-refractivity contribution in [3.63, 3.8) is 0 Å². The second-order valence-corrected chi connectivity index (χ2v) is 24.2. The van der Waals surface area contributed by atoms with Crippen molar-refractivity contribution in [2.75, 3.05) is 0 Å². The van der Waals surface area contributed by atoms with Crippen LogP contribution in [0.2, 0.25) is 19.1 Å². The van der Waals surface area contributed by atoms with Crippen molar-refractivity contribution in [3.05, 3.63) is 35.9 Å². The Morgan fingerprint density at radius 3 is 2.54 bits per heavy atom. The van der Waals surface area contributed by atoms with E-state index in [4.69, 9.17) is 0 Å². The molecule has 0 heterocycles. The molecule has 0 saturated carbocycles. The van der Waals surface area contributed by atoms with Gasteiger partial charge in [0.1, 0.15) is 0 Å². The fourth-order valence-corrected chi connectivity index (χ4v) is 13.4. The molecule has 0 aliphatic rings. The van der Waals surface area contributed by atoms with Crippen molar-refractivity contribution in [1.82, 2.24) is 0 Å². The lowest BCUT2D eigenvalue weighted by molar-refractivity contribution is 1.13. The third kappa shape index (κ3) is 4.59. The molecule has 0 aromatic heterocycles. The van der Waals surface area contributed by atoms with Gasteiger partial charge in [-0.1, -0.05) is 49.5 Å². The maximum Gasteiger partial charge on any atom is 0.00954 e. The van der Waals surface area contributed by atoms with Crippen molar-refractivity contribution >= 4 is 25.9 Å². The van der Waals surface area contributed by atoms with E-state index in [1.165, 1.54) is 6.42 Å². The average molecular weight is 225 g/mol. The maximum atomic E-state index is 2.60. The molecule has 0 fully saturated rings. The molecule has 0 nitrogen and oxygen atoms in total. The van der Waals surface area contributed by atoms with E-state index in [1.807, 2.05) is 0 Å². The second kappa shape index (κ2) is 6.34. The Bertz CT molecular complexity index is 223. The lowest BCUT2D eigenvalue weighted by Gasteiger charge is -2.04. The summed E-state index contributed by atoms with van der Waals surface area (Å²) >= 11 is 0. The van der Waals surface area contributed by atoms with Gasteiger partial charge in [-0.25, -0.2) is 0 Å². The summed E-state index contributed by atoms with van der Waals surface area (Å²) in [6.07, 6.45) is 1.36. The fraction of sp³-hybridized carbons (Fsp3) is 0.400. The highest BCUT2D eigenvalue weighted by Crippen LogP contribution is 2.02. The maximum absolute atomic E-state index is 2.60. The van der Waals surface area contributed by atoms with Gasteiger partial charge in [0.25, 0.3) is 0 Å². The van der Waals surface area contributed by atoms with E-state index in [0.29, 0.717) is 18.1 Å². The van der Waals surface area contributed by atoms with E-state index in [9.17, 15) is 0 Å². The Balaban J connectivity index is 2.20. The Kier molecular flexibility index (Phi) is 5.34. The van der Waals surface area contributed by atoms with Crippen LogP contribution in [-0.4, -0.2) is 25.9 Å². The first-order valence-electron chi connectivity index (χ1n) is 5.37. The lowest BCUT2D eigenvalue weighted by atomic mass is 10.2. The first-order valence-corrected chi connectivity index (χ1v) is 15.5. The van der Waals surface area contributed by atoms with Gasteiger partial charge in [-0.15, -0.1) is 0 Å². The topological polar surface area (TPSA) is 0 Å². The molecular weight excluding hydrogens is 204 g/mol. The molecule has 0 amide bonds. The van der Waals surface area contributed by atoms with Gasteiger partial charge in [-0.2, -0.15) is 0 Å². The minimum atomic E-state index is -0.0447. The highest BCUT2D eigenvalue weighted by molar-refractivity contribution is 7.39. The van der Waals surface area contributed by atoms with Gasteiger partial charge in [0.15, 0.2) is 0 Å². The molecule has 0 spiro atoms. The molecule has 13 heavy (non-hydrogen) atoms. The van der Waals surface area contributed by atoms with Crippen molar-refractivity contribution in [2.45, 2.75) is 25.6 Å². The van der Waals surface area contributed by atoms with Crippen molar-refractivity contribution in [3.8, 4) is 0 Å². The summed E-state index contributed by atoms with van der Waals surface area (Å²) in [6.45, 7) is 5.11. The highest BCUT2D eigenvalue weighted by atomic mass is 29.6. The molecule has 0 bridgehead atoms. The lowest BCUT2D eigenvalue weighted by Crippen LogP contribution is -2.24. The van der Waals surface area contributed by atoms with Crippen molar-refractivity contribution in [1.29, 1.82) is 0 Å². The number of hydrogen-bond acceptors (Lipinski definition) is 0. The van der Waals surface area contributed by atoms with E-state index in [0.717, 1.165) is 0 Å². The molecule has 0 saturated heterocycles. The average Bonchev–Trinajstić information content (AvgIpc) is 2.19. The molecule has 1 atom stereocenters. The van der Waals surface area contributed by atoms with E-state index >= 15 is 0 Å². The van der Waals surface area contributed by atoms with Gasteiger partial charge in [-0.3, -0.25) is 0 Å². The molecule has 0 aliphatic carbocycles. The van der Waals surface area contributed by atoms with Crippen LogP contribution in [0.3, 0.4) is 0 Å². The van der Waals surface area contributed by atoms with E-state index in [2.05, 4.69) is 43.4 Å². The van der Waals surface area contributed by atoms with Crippen LogP contribution in [0.15, 0.2) is 30.3 Å². The quantitative estimate of drug-likeness (QED) is 0.652. The molecule has 1 unspecified atom stereocenters. The van der Waals surface area contributed by atoms with Gasteiger partial charge < -0.3 is 0 Å². The smallest absolute Gasteiger partial charge is 0.00954 e. The molecule has 0 aliphatic heterocycles. The van der Waals surface area contributed by atoms with Crippen LogP contribution in [0.25, 0.3) is 0 Å². The molecule has 1 aromatic rings. The molecule has 3 heteroatoms. The summed E-state index contributed by atoms with van der Waals surface area (Å²) in [6, 6.07) is 12.5. The van der Waals surface area contributed by atoms with E-state index < -0.39 is 0 Å². The predicted octanol–water partition coefficient (Wildman–Crippen LogP) is 0.883. The van der Waals surface area contributed by atoms with Crippen LogP contribution >= 0.6 is 0 Å². The summed E-state index contributed by atoms with van der Waals surface area (Å²) in [7, 11) is 0.787. The molecule has 1 rings (SSSR count). The van der Waals surface area contributed by atoms with Crippen molar-refractivity contribution in [2.24, 2.45) is 0 Å². The third-order valence-electron chi connectivity index (χ3n) is 2.70. The number of aryl methyl sites for hydroxylation is 1. The van der Waals surface area contributed by atoms with Crippen LogP contribution in [-0.2, 0) is 6.42 Å². The Morgan fingerprint density at radius 1 is 1.23 bits per heavy atom. The van der Waals surface area contributed by atoms with Crippen LogP contribution in [0.4, 0.5) is 0 Å². The minimum absolute atomic E-state index is 0.0447. The van der Waals surface area contributed by atoms with Gasteiger partial charge in [0.05, 0.1) is 0 Å².